The zero-order chi connectivity index (χ0) is 17.9. The van der Waals surface area contributed by atoms with Crippen LogP contribution in [0.25, 0.3) is 0 Å². The fourth-order valence-corrected chi connectivity index (χ4v) is 3.46. The van der Waals surface area contributed by atoms with Crippen molar-refractivity contribution in [1.29, 1.82) is 0 Å². The van der Waals surface area contributed by atoms with Gasteiger partial charge in [-0.2, -0.15) is 5.10 Å². The van der Waals surface area contributed by atoms with Crippen LogP contribution in [0.2, 0.25) is 0 Å². The molecule has 3 aromatic rings. The monoisotopic (exact) mass is 363 g/mol. The molecular weight excluding hydrogens is 348 g/mol. The summed E-state index contributed by atoms with van der Waals surface area (Å²) in [7, 11) is -4.10. The largest absolute Gasteiger partial charge is 0.268 e. The van der Waals surface area contributed by atoms with Crippen LogP contribution >= 0.6 is 0 Å². The lowest BCUT2D eigenvalue weighted by Crippen LogP contribution is -2.25. The smallest absolute Gasteiger partial charge is 0.243 e. The van der Waals surface area contributed by atoms with Crippen molar-refractivity contribution in [3.8, 4) is 0 Å². The highest BCUT2D eigenvalue weighted by Gasteiger charge is 2.19. The van der Waals surface area contributed by atoms with E-state index in [1.165, 1.54) is 0 Å². The third-order valence-electron chi connectivity index (χ3n) is 3.65. The highest BCUT2D eigenvalue weighted by Crippen LogP contribution is 2.17. The standard InChI is InChI=1S/C17H15F2N3O2S/c18-15-6-7-17(16(19)10-15)25(23,24)21-11-13-4-1-2-5-14(13)12-22-9-3-8-20-22/h1-10,21H,11-12H2. The molecule has 3 rings (SSSR count). The third kappa shape index (κ3) is 4.09. The van der Waals surface area contributed by atoms with Gasteiger partial charge in [0.2, 0.25) is 10.0 Å². The van der Waals surface area contributed by atoms with Crippen LogP contribution < -0.4 is 4.72 Å². The predicted octanol–water partition coefficient (Wildman–Crippen LogP) is 2.69. The van der Waals surface area contributed by atoms with Crippen molar-refractivity contribution in [1.82, 2.24) is 14.5 Å². The van der Waals surface area contributed by atoms with Crippen molar-refractivity contribution in [2.45, 2.75) is 18.0 Å². The molecule has 0 aliphatic heterocycles. The summed E-state index contributed by atoms with van der Waals surface area (Å²) >= 11 is 0. The van der Waals surface area contributed by atoms with Gasteiger partial charge in [-0.1, -0.05) is 24.3 Å². The van der Waals surface area contributed by atoms with Crippen LogP contribution in [0.5, 0.6) is 0 Å². The van der Waals surface area contributed by atoms with E-state index >= 15 is 0 Å². The molecule has 1 heterocycles. The fourth-order valence-electron chi connectivity index (χ4n) is 2.40. The van der Waals surface area contributed by atoms with E-state index in [0.717, 1.165) is 23.3 Å². The van der Waals surface area contributed by atoms with E-state index in [4.69, 9.17) is 0 Å². The second kappa shape index (κ2) is 7.12. The molecule has 5 nitrogen and oxygen atoms in total. The van der Waals surface area contributed by atoms with Gasteiger partial charge in [-0.25, -0.2) is 21.9 Å². The van der Waals surface area contributed by atoms with Crippen molar-refractivity contribution < 1.29 is 17.2 Å². The molecule has 2 aromatic carbocycles. The number of nitrogens with zero attached hydrogens (tertiary/aromatic N) is 2. The summed E-state index contributed by atoms with van der Waals surface area (Å²) in [4.78, 5) is -0.585. The fraction of sp³-hybridized carbons (Fsp3) is 0.118. The van der Waals surface area contributed by atoms with Gasteiger partial charge in [-0.3, -0.25) is 4.68 Å². The first-order valence-electron chi connectivity index (χ1n) is 7.44. The van der Waals surface area contributed by atoms with Crippen molar-refractivity contribution >= 4 is 10.0 Å². The second-order valence-corrected chi connectivity index (χ2v) is 7.11. The Morgan fingerprint density at radius 1 is 1.04 bits per heavy atom. The molecule has 25 heavy (non-hydrogen) atoms. The lowest BCUT2D eigenvalue weighted by Gasteiger charge is -2.12. The first-order valence-corrected chi connectivity index (χ1v) is 8.93. The topological polar surface area (TPSA) is 64.0 Å². The maximum atomic E-state index is 13.7. The molecule has 0 saturated heterocycles. The number of sulfonamides is 1. The van der Waals surface area contributed by atoms with Crippen molar-refractivity contribution in [2.75, 3.05) is 0 Å². The Morgan fingerprint density at radius 2 is 1.80 bits per heavy atom. The Morgan fingerprint density at radius 3 is 2.48 bits per heavy atom. The summed E-state index contributed by atoms with van der Waals surface area (Å²) in [5.74, 6) is -1.96. The predicted molar refractivity (Wildman–Crippen MR) is 88.2 cm³/mol. The first-order chi connectivity index (χ1) is 12.0. The summed E-state index contributed by atoms with van der Waals surface area (Å²) in [5.41, 5.74) is 1.62. The van der Waals surface area contributed by atoms with Crippen LogP contribution in [0.15, 0.2) is 65.8 Å². The van der Waals surface area contributed by atoms with E-state index in [1.54, 1.807) is 35.3 Å². The minimum Gasteiger partial charge on any atom is -0.268 e. The number of rotatable bonds is 6. The number of nitrogens with one attached hydrogen (secondary N) is 1. The zero-order valence-electron chi connectivity index (χ0n) is 13.1. The zero-order valence-corrected chi connectivity index (χ0v) is 13.9. The molecule has 0 bridgehead atoms. The molecule has 0 spiro atoms. The molecule has 1 N–H and O–H groups in total. The molecule has 0 atom stereocenters. The first kappa shape index (κ1) is 17.2. The molecule has 0 aliphatic rings. The van der Waals surface area contributed by atoms with E-state index in [2.05, 4.69) is 9.82 Å². The van der Waals surface area contributed by atoms with E-state index in [1.807, 2.05) is 12.1 Å². The maximum absolute atomic E-state index is 13.7. The van der Waals surface area contributed by atoms with Gasteiger partial charge >= 0.3 is 0 Å². The van der Waals surface area contributed by atoms with Gasteiger partial charge < -0.3 is 0 Å². The van der Waals surface area contributed by atoms with Crippen molar-refractivity contribution in [3.63, 3.8) is 0 Å². The van der Waals surface area contributed by atoms with Gasteiger partial charge in [0.1, 0.15) is 16.5 Å². The van der Waals surface area contributed by atoms with Gasteiger partial charge in [0.25, 0.3) is 0 Å². The molecule has 0 fully saturated rings. The van der Waals surface area contributed by atoms with E-state index in [9.17, 15) is 17.2 Å². The molecule has 0 radical (unpaired) electrons. The maximum Gasteiger partial charge on any atom is 0.243 e. The van der Waals surface area contributed by atoms with Gasteiger partial charge in [-0.15, -0.1) is 0 Å². The van der Waals surface area contributed by atoms with E-state index < -0.39 is 26.6 Å². The summed E-state index contributed by atoms with van der Waals surface area (Å²) in [6, 6.07) is 11.4. The number of hydrogen-bond donors (Lipinski definition) is 1. The highest BCUT2D eigenvalue weighted by molar-refractivity contribution is 7.89. The van der Waals surface area contributed by atoms with Crippen LogP contribution in [-0.4, -0.2) is 18.2 Å². The molecule has 0 saturated carbocycles. The third-order valence-corrected chi connectivity index (χ3v) is 5.08. The molecule has 0 unspecified atom stereocenters. The Bertz CT molecular complexity index is 973. The van der Waals surface area contributed by atoms with E-state index in [0.29, 0.717) is 12.6 Å². The van der Waals surface area contributed by atoms with Gasteiger partial charge in [0, 0.05) is 25.0 Å². The van der Waals surface area contributed by atoms with Crippen LogP contribution in [0.3, 0.4) is 0 Å². The number of halogens is 2. The average molecular weight is 363 g/mol. The Labute approximate surface area is 144 Å². The van der Waals surface area contributed by atoms with Crippen LogP contribution in [0.4, 0.5) is 8.78 Å². The van der Waals surface area contributed by atoms with Crippen LogP contribution in [0.1, 0.15) is 11.1 Å². The summed E-state index contributed by atoms with van der Waals surface area (Å²) in [5, 5.41) is 4.12. The number of aromatic nitrogens is 2. The second-order valence-electron chi connectivity index (χ2n) is 5.37. The summed E-state index contributed by atoms with van der Waals surface area (Å²) in [6.07, 6.45) is 3.46. The van der Waals surface area contributed by atoms with Crippen molar-refractivity contribution in [2.24, 2.45) is 0 Å². The Kier molecular flexibility index (Phi) is 4.91. The molecule has 0 amide bonds. The quantitative estimate of drug-likeness (QED) is 0.732. The van der Waals surface area contributed by atoms with Crippen LogP contribution in [-0.2, 0) is 23.1 Å². The van der Waals surface area contributed by atoms with E-state index in [-0.39, 0.29) is 6.54 Å². The highest BCUT2D eigenvalue weighted by atomic mass is 32.2. The summed E-state index contributed by atoms with van der Waals surface area (Å²) in [6.45, 7) is 0.465. The molecule has 1 aromatic heterocycles. The number of benzene rings is 2. The minimum absolute atomic E-state index is 0.0173. The van der Waals surface area contributed by atoms with Crippen molar-refractivity contribution in [3.05, 3.63) is 83.7 Å². The average Bonchev–Trinajstić information content (AvgIpc) is 3.07. The molecule has 0 aliphatic carbocycles. The molecular formula is C17H15F2N3O2S. The lowest BCUT2D eigenvalue weighted by molar-refractivity contribution is 0.543. The lowest BCUT2D eigenvalue weighted by atomic mass is 10.1. The molecule has 8 heteroatoms. The van der Waals surface area contributed by atoms with Gasteiger partial charge in [-0.05, 0) is 29.3 Å². The Hall–Kier alpha value is -2.58. The van der Waals surface area contributed by atoms with Crippen LogP contribution in [0, 0.1) is 11.6 Å². The minimum atomic E-state index is -4.10. The van der Waals surface area contributed by atoms with Gasteiger partial charge in [0.05, 0.1) is 6.54 Å². The molecule has 130 valence electrons. The van der Waals surface area contributed by atoms with Gasteiger partial charge in [0.15, 0.2) is 0 Å². The number of hydrogen-bond acceptors (Lipinski definition) is 3. The SMILES string of the molecule is O=S(=O)(NCc1ccccc1Cn1cccn1)c1ccc(F)cc1F. The normalized spacial score (nSPS) is 11.6. The Balaban J connectivity index is 1.79. The summed E-state index contributed by atoms with van der Waals surface area (Å²) < 4.78 is 55.3.